The zero-order chi connectivity index (χ0) is 14.3. The second kappa shape index (κ2) is 7.31. The van der Waals surface area contributed by atoms with Gasteiger partial charge in [-0.2, -0.15) is 0 Å². The van der Waals surface area contributed by atoms with Crippen molar-refractivity contribution in [1.29, 1.82) is 0 Å². The Hall–Kier alpha value is -0.297. The van der Waals surface area contributed by atoms with E-state index in [0.29, 0.717) is 6.25 Å². The summed E-state index contributed by atoms with van der Waals surface area (Å²) in [5.41, 5.74) is 6.41. The molecule has 0 amide bonds. The van der Waals surface area contributed by atoms with Gasteiger partial charge in [-0.3, -0.25) is 0 Å². The molecule has 0 fully saturated rings. The first-order chi connectivity index (χ1) is 8.86. The smallest absolute Gasteiger partial charge is 1.00 e. The first-order valence-electron chi connectivity index (χ1n) is 7.39. The van der Waals surface area contributed by atoms with Gasteiger partial charge >= 0.3 is 130 Å². The van der Waals surface area contributed by atoms with Crippen LogP contribution in [0.25, 0.3) is 0 Å². The van der Waals surface area contributed by atoms with Crippen molar-refractivity contribution in [3.8, 4) is 0 Å². The minimum absolute atomic E-state index is 0. The maximum atomic E-state index is 2.52. The van der Waals surface area contributed by atoms with Gasteiger partial charge < -0.3 is 9.41 Å². The topological polar surface area (TPSA) is 0 Å². The molecule has 0 radical (unpaired) electrons. The molecule has 0 spiro atoms. The Labute approximate surface area is 139 Å². The fourth-order valence-electron chi connectivity index (χ4n) is 3.48. The Bertz CT molecular complexity index is 473. The number of hydrogen-bond acceptors (Lipinski definition) is 0. The van der Waals surface area contributed by atoms with Crippen molar-refractivity contribution >= 4 is 0 Å². The van der Waals surface area contributed by atoms with Crippen molar-refractivity contribution in [1.82, 2.24) is 0 Å². The van der Waals surface area contributed by atoms with Gasteiger partial charge in [0, 0.05) is 0 Å². The van der Waals surface area contributed by atoms with Gasteiger partial charge in [-0.1, -0.05) is 0 Å². The summed E-state index contributed by atoms with van der Waals surface area (Å²) in [7, 11) is 0. The fraction of sp³-hybridized carbons (Fsp3) is 0.556. The summed E-state index contributed by atoms with van der Waals surface area (Å²) in [6, 6.07) is 0. The van der Waals surface area contributed by atoms with Crippen LogP contribution in [0.3, 0.4) is 0 Å². The van der Waals surface area contributed by atoms with E-state index in [-0.39, 0.29) is 9.41 Å². The number of halogens is 2. The van der Waals surface area contributed by atoms with Gasteiger partial charge in [0.15, 0.2) is 0 Å². The third kappa shape index (κ3) is 3.39. The van der Waals surface area contributed by atoms with Gasteiger partial charge in [0.25, 0.3) is 0 Å². The van der Waals surface area contributed by atoms with Crippen molar-refractivity contribution in [3.63, 3.8) is 0 Å². The molecule has 21 heavy (non-hydrogen) atoms. The Kier molecular flexibility index (Phi) is 7.21. The van der Waals surface area contributed by atoms with E-state index in [0.717, 1.165) is 0 Å². The SMILES string of the molecule is CCC[C]1([Zr+2][C]2(C)C(C)=C(C)C(C)=C2C)C=CC=C1.[F-].[F-]. The van der Waals surface area contributed by atoms with E-state index in [4.69, 9.17) is 0 Å². The summed E-state index contributed by atoms with van der Waals surface area (Å²) < 4.78 is 0.853. The van der Waals surface area contributed by atoms with Gasteiger partial charge in [-0.25, -0.2) is 0 Å². The van der Waals surface area contributed by atoms with Crippen LogP contribution in [-0.2, 0) is 23.2 Å². The van der Waals surface area contributed by atoms with Crippen LogP contribution in [0.15, 0.2) is 46.6 Å². The number of hydrogen-bond donors (Lipinski definition) is 0. The minimum atomic E-state index is -0.637. The summed E-state index contributed by atoms with van der Waals surface area (Å²) in [6.07, 6.45) is 12.2. The van der Waals surface area contributed by atoms with Crippen LogP contribution in [0.1, 0.15) is 54.4 Å². The molecule has 0 saturated carbocycles. The molecule has 0 saturated heterocycles. The molecular weight excluding hydrogens is 345 g/mol. The molecule has 0 aromatic rings. The molecule has 3 heteroatoms. The zero-order valence-corrected chi connectivity index (χ0v) is 16.4. The quantitative estimate of drug-likeness (QED) is 0.654. The molecular formula is C18H26F2Zr. The van der Waals surface area contributed by atoms with E-state index in [1.807, 2.05) is 0 Å². The molecule has 0 aromatic heterocycles. The molecule has 0 aromatic carbocycles. The van der Waals surface area contributed by atoms with E-state index in [1.165, 1.54) is 12.8 Å². The summed E-state index contributed by atoms with van der Waals surface area (Å²) in [6.45, 7) is 14.2. The van der Waals surface area contributed by atoms with E-state index in [9.17, 15) is 0 Å². The van der Waals surface area contributed by atoms with Crippen molar-refractivity contribution in [2.24, 2.45) is 0 Å². The molecule has 0 unspecified atom stereocenters. The third-order valence-electron chi connectivity index (χ3n) is 5.23. The van der Waals surface area contributed by atoms with Gasteiger partial charge in [-0.05, 0) is 0 Å². The first kappa shape index (κ1) is 20.7. The number of allylic oxidation sites excluding steroid dienone is 8. The van der Waals surface area contributed by atoms with Gasteiger partial charge in [0.05, 0.1) is 0 Å². The molecule has 0 N–H and O–H groups in total. The zero-order valence-electron chi connectivity index (χ0n) is 14.0. The van der Waals surface area contributed by atoms with Crippen molar-refractivity contribution < 1.29 is 32.6 Å². The normalized spacial score (nSPS) is 21.2. The molecule has 2 aliphatic carbocycles. The van der Waals surface area contributed by atoms with E-state index in [2.05, 4.69) is 65.8 Å². The summed E-state index contributed by atoms with van der Waals surface area (Å²) in [4.78, 5) is 0. The summed E-state index contributed by atoms with van der Waals surface area (Å²) >= 11 is -0.637. The monoisotopic (exact) mass is 370 g/mol. The van der Waals surface area contributed by atoms with Gasteiger partial charge in [0.2, 0.25) is 0 Å². The van der Waals surface area contributed by atoms with Crippen molar-refractivity contribution in [3.05, 3.63) is 46.6 Å². The third-order valence-corrected chi connectivity index (χ3v) is 10.9. The Balaban J connectivity index is 0.00000200. The Morgan fingerprint density at radius 3 is 1.71 bits per heavy atom. The molecule has 0 aliphatic heterocycles. The Morgan fingerprint density at radius 1 is 0.905 bits per heavy atom. The van der Waals surface area contributed by atoms with Gasteiger partial charge in [-0.15, -0.1) is 0 Å². The standard InChI is InChI=1S/C10H15.C8H11.2FH.Zr/c1-6-7(2)9(4)10(5)8(6)3;1-2-5-8-6-3-4-7-8;;;/h1-5H3;3-4,6-7H,2,5H2,1H3;2*1H;/q;;;;+2/p-2. The van der Waals surface area contributed by atoms with Crippen molar-refractivity contribution in [2.75, 3.05) is 0 Å². The molecule has 2 aliphatic rings. The van der Waals surface area contributed by atoms with Crippen LogP contribution in [0.5, 0.6) is 0 Å². The molecule has 0 heterocycles. The molecule has 116 valence electrons. The van der Waals surface area contributed by atoms with Crippen LogP contribution >= 0.6 is 0 Å². The second-order valence-corrected chi connectivity index (χ2v) is 11.6. The average Bonchev–Trinajstić information content (AvgIpc) is 2.87. The molecule has 2 rings (SSSR count). The van der Waals surface area contributed by atoms with Crippen molar-refractivity contribution in [2.45, 2.75) is 60.6 Å². The summed E-state index contributed by atoms with van der Waals surface area (Å²) in [5.74, 6) is 0. The predicted octanol–water partition coefficient (Wildman–Crippen LogP) is 0.0267. The molecule has 0 bridgehead atoms. The molecule has 0 atom stereocenters. The average molecular weight is 372 g/mol. The van der Waals surface area contributed by atoms with Gasteiger partial charge in [0.1, 0.15) is 0 Å². The number of rotatable bonds is 4. The van der Waals surface area contributed by atoms with E-state index >= 15 is 0 Å². The van der Waals surface area contributed by atoms with Crippen LogP contribution in [-0.4, -0.2) is 0 Å². The van der Waals surface area contributed by atoms with E-state index < -0.39 is 23.2 Å². The van der Waals surface area contributed by atoms with Crippen LogP contribution in [0.2, 0.25) is 6.25 Å². The second-order valence-electron chi connectivity index (χ2n) is 6.26. The molecule has 0 nitrogen and oxygen atoms in total. The van der Waals surface area contributed by atoms with Crippen LogP contribution in [0, 0.1) is 0 Å². The van der Waals surface area contributed by atoms with Crippen LogP contribution in [0.4, 0.5) is 0 Å². The summed E-state index contributed by atoms with van der Waals surface area (Å²) in [5, 5.41) is 0. The maximum absolute atomic E-state index is 2.52. The minimum Gasteiger partial charge on any atom is -1.00 e. The van der Waals surface area contributed by atoms with E-state index in [1.54, 1.807) is 22.3 Å². The Morgan fingerprint density at radius 2 is 1.33 bits per heavy atom. The first-order valence-corrected chi connectivity index (χ1v) is 9.85. The maximum Gasteiger partial charge on any atom is -1.00 e. The predicted molar refractivity (Wildman–Crippen MR) is 81.0 cm³/mol. The van der Waals surface area contributed by atoms with Crippen LogP contribution < -0.4 is 9.41 Å². The largest absolute Gasteiger partial charge is 1.00 e. The fourth-order valence-corrected chi connectivity index (χ4v) is 9.42.